The second-order valence-corrected chi connectivity index (χ2v) is 7.87. The second kappa shape index (κ2) is 6.05. The van der Waals surface area contributed by atoms with Gasteiger partial charge in [-0.05, 0) is 25.0 Å². The van der Waals surface area contributed by atoms with E-state index in [1.165, 1.54) is 22.5 Å². The topological polar surface area (TPSA) is 63.4 Å². The van der Waals surface area contributed by atoms with Gasteiger partial charge in [-0.3, -0.25) is 0 Å². The first-order chi connectivity index (χ1) is 10.9. The predicted molar refractivity (Wildman–Crippen MR) is 82.9 cm³/mol. The predicted octanol–water partition coefficient (Wildman–Crippen LogP) is 3.46. The van der Waals surface area contributed by atoms with Gasteiger partial charge in [-0.25, -0.2) is 12.8 Å². The van der Waals surface area contributed by atoms with E-state index in [-0.39, 0.29) is 10.8 Å². The van der Waals surface area contributed by atoms with Gasteiger partial charge in [0.25, 0.3) is 0 Å². The molecule has 0 amide bonds. The molecule has 0 aliphatic carbocycles. The fourth-order valence-corrected chi connectivity index (χ4v) is 4.57. The molecule has 3 rings (SSSR count). The molecule has 1 aromatic carbocycles. The Morgan fingerprint density at radius 1 is 1.35 bits per heavy atom. The van der Waals surface area contributed by atoms with E-state index in [0.717, 1.165) is 11.8 Å². The van der Waals surface area contributed by atoms with Crippen molar-refractivity contribution in [1.82, 2.24) is 9.46 Å². The molecule has 23 heavy (non-hydrogen) atoms. The third-order valence-electron chi connectivity index (χ3n) is 4.08. The summed E-state index contributed by atoms with van der Waals surface area (Å²) in [5, 5.41) is 4.02. The number of halogens is 1. The first-order valence-electron chi connectivity index (χ1n) is 7.64. The molecule has 2 heterocycles. The Bertz CT molecular complexity index is 801. The van der Waals surface area contributed by atoms with Gasteiger partial charge in [0.15, 0.2) is 0 Å². The van der Waals surface area contributed by atoms with E-state index in [9.17, 15) is 12.8 Å². The van der Waals surface area contributed by atoms with Crippen LogP contribution in [-0.4, -0.2) is 24.4 Å². The number of nitrogens with zero attached hydrogens (tertiary/aromatic N) is 2. The first-order valence-corrected chi connectivity index (χ1v) is 9.08. The molecular weight excluding hydrogens is 319 g/mol. The summed E-state index contributed by atoms with van der Waals surface area (Å²) in [6, 6.07) is 6.84. The number of hydrogen-bond acceptors (Lipinski definition) is 4. The van der Waals surface area contributed by atoms with Crippen LogP contribution < -0.4 is 0 Å². The van der Waals surface area contributed by atoms with Crippen LogP contribution in [0.2, 0.25) is 0 Å². The van der Waals surface area contributed by atoms with Gasteiger partial charge in [0.05, 0.1) is 6.04 Å². The van der Waals surface area contributed by atoms with Crippen LogP contribution in [-0.2, 0) is 10.0 Å². The molecule has 5 nitrogen and oxygen atoms in total. The van der Waals surface area contributed by atoms with Crippen LogP contribution in [0, 0.1) is 5.82 Å². The molecule has 0 N–H and O–H groups in total. The van der Waals surface area contributed by atoms with Crippen molar-refractivity contribution in [3.8, 4) is 0 Å². The zero-order valence-electron chi connectivity index (χ0n) is 13.1. The van der Waals surface area contributed by atoms with Gasteiger partial charge in [-0.15, -0.1) is 0 Å². The van der Waals surface area contributed by atoms with Gasteiger partial charge in [-0.2, -0.15) is 4.31 Å². The summed E-state index contributed by atoms with van der Waals surface area (Å²) < 4.78 is 46.2. The maximum Gasteiger partial charge on any atom is 0.246 e. The lowest BCUT2D eigenvalue weighted by Crippen LogP contribution is -2.31. The van der Waals surface area contributed by atoms with E-state index in [0.29, 0.717) is 25.1 Å². The molecule has 1 atom stereocenters. The van der Waals surface area contributed by atoms with E-state index in [4.69, 9.17) is 4.52 Å². The van der Waals surface area contributed by atoms with Crippen LogP contribution in [0.25, 0.3) is 0 Å². The van der Waals surface area contributed by atoms with Crippen LogP contribution in [0.5, 0.6) is 0 Å². The lowest BCUT2D eigenvalue weighted by molar-refractivity contribution is 0.337. The summed E-state index contributed by atoms with van der Waals surface area (Å²) in [5.41, 5.74) is 0.589. The minimum absolute atomic E-state index is 0.175. The van der Waals surface area contributed by atoms with Crippen LogP contribution >= 0.6 is 0 Å². The molecule has 7 heteroatoms. The molecule has 0 spiro atoms. The molecule has 1 unspecified atom stereocenters. The maximum absolute atomic E-state index is 13.9. The zero-order valence-corrected chi connectivity index (χ0v) is 13.9. The Balaban J connectivity index is 1.96. The van der Waals surface area contributed by atoms with Gasteiger partial charge < -0.3 is 4.52 Å². The second-order valence-electron chi connectivity index (χ2n) is 6.01. The molecule has 0 radical (unpaired) electrons. The molecule has 124 valence electrons. The highest BCUT2D eigenvalue weighted by Crippen LogP contribution is 2.37. The van der Waals surface area contributed by atoms with Crippen molar-refractivity contribution in [3.05, 3.63) is 47.6 Å². The van der Waals surface area contributed by atoms with Crippen molar-refractivity contribution in [3.63, 3.8) is 0 Å². The van der Waals surface area contributed by atoms with Crippen LogP contribution in [0.1, 0.15) is 50.1 Å². The van der Waals surface area contributed by atoms with Crippen molar-refractivity contribution in [2.75, 3.05) is 6.54 Å². The van der Waals surface area contributed by atoms with Crippen LogP contribution in [0.4, 0.5) is 4.39 Å². The van der Waals surface area contributed by atoms with Gasteiger partial charge in [0.1, 0.15) is 22.2 Å². The number of sulfonamides is 1. The average Bonchev–Trinajstić information content (AvgIpc) is 3.16. The highest BCUT2D eigenvalue weighted by atomic mass is 32.2. The zero-order chi connectivity index (χ0) is 16.6. The van der Waals surface area contributed by atoms with E-state index in [1.54, 1.807) is 6.07 Å². The lowest BCUT2D eigenvalue weighted by Gasteiger charge is -2.22. The minimum Gasteiger partial charge on any atom is -0.361 e. The SMILES string of the molecule is CC(C)c1cc(C2CCCN2S(=O)(=O)c2ccccc2F)no1. The molecule has 1 aliphatic heterocycles. The molecular formula is C16H19FN2O3S. The third kappa shape index (κ3) is 2.90. The Kier molecular flexibility index (Phi) is 4.25. The fraction of sp³-hybridized carbons (Fsp3) is 0.438. The van der Waals surface area contributed by atoms with Crippen LogP contribution in [0.15, 0.2) is 39.8 Å². The number of aromatic nitrogens is 1. The fourth-order valence-electron chi connectivity index (χ4n) is 2.84. The van der Waals surface area contributed by atoms with Crippen molar-refractivity contribution in [2.45, 2.75) is 43.5 Å². The Morgan fingerprint density at radius 2 is 2.09 bits per heavy atom. The third-order valence-corrected chi connectivity index (χ3v) is 6.03. The standard InChI is InChI=1S/C16H19FN2O3S/c1-11(2)15-10-13(18-22-15)14-7-5-9-19(14)23(20,21)16-8-4-3-6-12(16)17/h3-4,6,8,10-11,14H,5,7,9H2,1-2H3. The first kappa shape index (κ1) is 16.1. The quantitative estimate of drug-likeness (QED) is 0.856. The lowest BCUT2D eigenvalue weighted by atomic mass is 10.1. The molecule has 0 bridgehead atoms. The summed E-state index contributed by atoms with van der Waals surface area (Å²) in [4.78, 5) is -0.292. The van der Waals surface area contributed by atoms with Gasteiger partial charge in [0, 0.05) is 18.5 Å². The highest BCUT2D eigenvalue weighted by Gasteiger charge is 2.39. The van der Waals surface area contributed by atoms with E-state index >= 15 is 0 Å². The minimum atomic E-state index is -3.90. The van der Waals surface area contributed by atoms with Crippen molar-refractivity contribution >= 4 is 10.0 Å². The Morgan fingerprint density at radius 3 is 2.74 bits per heavy atom. The molecule has 1 aromatic heterocycles. The van der Waals surface area contributed by atoms with E-state index < -0.39 is 21.9 Å². The number of rotatable bonds is 4. The smallest absolute Gasteiger partial charge is 0.246 e. The van der Waals surface area contributed by atoms with Crippen molar-refractivity contribution in [1.29, 1.82) is 0 Å². The molecule has 0 saturated carbocycles. The van der Waals surface area contributed by atoms with E-state index in [2.05, 4.69) is 5.16 Å². The Hall–Kier alpha value is -1.73. The average molecular weight is 338 g/mol. The Labute approximate surface area is 135 Å². The largest absolute Gasteiger partial charge is 0.361 e. The van der Waals surface area contributed by atoms with Gasteiger partial charge >= 0.3 is 0 Å². The highest BCUT2D eigenvalue weighted by molar-refractivity contribution is 7.89. The summed E-state index contributed by atoms with van der Waals surface area (Å²) in [7, 11) is -3.90. The molecule has 1 saturated heterocycles. The summed E-state index contributed by atoms with van der Waals surface area (Å²) in [6.07, 6.45) is 1.36. The number of benzene rings is 1. The van der Waals surface area contributed by atoms with E-state index in [1.807, 2.05) is 13.8 Å². The normalized spacial score (nSPS) is 19.6. The van der Waals surface area contributed by atoms with Gasteiger partial charge in [0.2, 0.25) is 10.0 Å². The summed E-state index contributed by atoms with van der Waals surface area (Å²) >= 11 is 0. The monoisotopic (exact) mass is 338 g/mol. The molecule has 1 aliphatic rings. The van der Waals surface area contributed by atoms with Crippen molar-refractivity contribution in [2.24, 2.45) is 0 Å². The van der Waals surface area contributed by atoms with Crippen LogP contribution in [0.3, 0.4) is 0 Å². The molecule has 2 aromatic rings. The molecule has 1 fully saturated rings. The summed E-state index contributed by atoms with van der Waals surface area (Å²) in [5.74, 6) is 0.158. The van der Waals surface area contributed by atoms with Crippen molar-refractivity contribution < 1.29 is 17.3 Å². The summed E-state index contributed by atoms with van der Waals surface area (Å²) in [6.45, 7) is 4.31. The number of hydrogen-bond donors (Lipinski definition) is 0. The maximum atomic E-state index is 13.9. The van der Waals surface area contributed by atoms with Gasteiger partial charge in [-0.1, -0.05) is 31.1 Å².